The molecular formula is C6H9F3N2O. The molecule has 0 aromatic heterocycles. The summed E-state index contributed by atoms with van der Waals surface area (Å²) in [6, 6.07) is 0. The summed E-state index contributed by atoms with van der Waals surface area (Å²) in [6.07, 6.45) is -4.43. The van der Waals surface area contributed by atoms with E-state index in [-0.39, 0.29) is 0 Å². The number of likely N-dealkylation sites (N-methyl/N-ethyl adjacent to an activating group) is 1. The zero-order chi connectivity index (χ0) is 9.94. The van der Waals surface area contributed by atoms with Crippen molar-refractivity contribution in [2.45, 2.75) is 6.18 Å². The summed E-state index contributed by atoms with van der Waals surface area (Å²) < 4.78 is 34.9. The number of alkyl halides is 3. The molecule has 6 heteroatoms. The second kappa shape index (κ2) is 3.46. The van der Waals surface area contributed by atoms with Gasteiger partial charge in [-0.25, -0.2) is 0 Å². The van der Waals surface area contributed by atoms with Crippen molar-refractivity contribution in [1.82, 2.24) is 4.90 Å². The fourth-order valence-electron chi connectivity index (χ4n) is 0.340. The molecule has 0 aromatic rings. The van der Waals surface area contributed by atoms with Crippen LogP contribution < -0.4 is 0 Å². The number of aliphatic hydroxyl groups is 1. The smallest absolute Gasteiger partial charge is 0.448 e. The molecule has 2 N–H and O–H groups in total. The van der Waals surface area contributed by atoms with Gasteiger partial charge in [-0.15, -0.1) is 0 Å². The van der Waals surface area contributed by atoms with Crippen LogP contribution in [0.15, 0.2) is 11.8 Å². The molecule has 0 aliphatic heterocycles. The Kier molecular flexibility index (Phi) is 3.12. The monoisotopic (exact) mass is 182 g/mol. The third-order valence-corrected chi connectivity index (χ3v) is 1.05. The molecule has 3 nitrogen and oxygen atoms in total. The molecule has 0 rings (SSSR count). The normalized spacial score (nSPS) is 12.9. The van der Waals surface area contributed by atoms with Crippen molar-refractivity contribution in [2.75, 3.05) is 14.1 Å². The van der Waals surface area contributed by atoms with Gasteiger partial charge in [-0.2, -0.15) is 13.2 Å². The Morgan fingerprint density at radius 1 is 1.42 bits per heavy atom. The predicted molar refractivity (Wildman–Crippen MR) is 38.2 cm³/mol. The zero-order valence-corrected chi connectivity index (χ0v) is 6.61. The largest absolute Gasteiger partial charge is 0.504 e. The van der Waals surface area contributed by atoms with Crippen LogP contribution in [0.5, 0.6) is 0 Å². The van der Waals surface area contributed by atoms with E-state index in [0.29, 0.717) is 6.08 Å². The molecule has 0 heterocycles. The van der Waals surface area contributed by atoms with Crippen LogP contribution in [0.4, 0.5) is 13.2 Å². The number of allylic oxidation sites excluding steroid dienone is 1. The minimum Gasteiger partial charge on any atom is -0.504 e. The topological polar surface area (TPSA) is 47.3 Å². The lowest BCUT2D eigenvalue weighted by Crippen LogP contribution is -2.21. The average Bonchev–Trinajstić information content (AvgIpc) is 1.85. The highest BCUT2D eigenvalue weighted by molar-refractivity contribution is 5.90. The van der Waals surface area contributed by atoms with Gasteiger partial charge in [0, 0.05) is 20.2 Å². The van der Waals surface area contributed by atoms with Gasteiger partial charge in [0.15, 0.2) is 0 Å². The van der Waals surface area contributed by atoms with E-state index in [9.17, 15) is 13.2 Å². The Labute approximate surface area is 67.6 Å². The van der Waals surface area contributed by atoms with Gasteiger partial charge >= 0.3 is 6.18 Å². The van der Waals surface area contributed by atoms with Crippen molar-refractivity contribution in [2.24, 2.45) is 0 Å². The second-order valence-electron chi connectivity index (χ2n) is 2.31. The molecule has 0 radical (unpaired) electrons. The molecule has 0 aromatic carbocycles. The number of amidine groups is 1. The summed E-state index contributed by atoms with van der Waals surface area (Å²) in [7, 11) is 2.81. The molecule has 0 aliphatic carbocycles. The van der Waals surface area contributed by atoms with Gasteiger partial charge in [0.05, 0.1) is 0 Å². The quantitative estimate of drug-likeness (QED) is 0.367. The molecular weight excluding hydrogens is 173 g/mol. The molecule has 0 fully saturated rings. The summed E-state index contributed by atoms with van der Waals surface area (Å²) in [6.45, 7) is 0. The lowest BCUT2D eigenvalue weighted by atomic mass is 10.4. The number of hydrogen-bond acceptors (Lipinski definition) is 2. The van der Waals surface area contributed by atoms with Crippen molar-refractivity contribution in [3.63, 3.8) is 0 Å². The molecule has 0 bridgehead atoms. The fourth-order valence-corrected chi connectivity index (χ4v) is 0.340. The van der Waals surface area contributed by atoms with E-state index < -0.39 is 17.8 Å². The Morgan fingerprint density at radius 2 is 1.83 bits per heavy atom. The number of hydrogen-bond donors (Lipinski definition) is 2. The van der Waals surface area contributed by atoms with E-state index >= 15 is 0 Å². The maximum atomic E-state index is 11.6. The second-order valence-corrected chi connectivity index (χ2v) is 2.31. The van der Waals surface area contributed by atoms with Crippen LogP contribution in [0.1, 0.15) is 0 Å². The van der Waals surface area contributed by atoms with E-state index in [2.05, 4.69) is 0 Å². The minimum atomic E-state index is -4.78. The van der Waals surface area contributed by atoms with E-state index in [0.717, 1.165) is 4.90 Å². The van der Waals surface area contributed by atoms with Gasteiger partial charge in [-0.05, 0) is 0 Å². The first-order valence-electron chi connectivity index (χ1n) is 2.99. The van der Waals surface area contributed by atoms with Crippen LogP contribution in [0.25, 0.3) is 0 Å². The van der Waals surface area contributed by atoms with Crippen molar-refractivity contribution in [3.05, 3.63) is 11.8 Å². The first-order chi connectivity index (χ1) is 5.25. The van der Waals surface area contributed by atoms with Gasteiger partial charge in [0.2, 0.25) is 5.76 Å². The summed E-state index contributed by atoms with van der Waals surface area (Å²) in [4.78, 5) is 1.14. The predicted octanol–water partition coefficient (Wildman–Crippen LogP) is 1.53. The van der Waals surface area contributed by atoms with Crippen LogP contribution in [-0.4, -0.2) is 36.1 Å². The third kappa shape index (κ3) is 3.27. The van der Waals surface area contributed by atoms with Crippen LogP contribution in [0.3, 0.4) is 0 Å². The van der Waals surface area contributed by atoms with E-state index in [1.807, 2.05) is 0 Å². The number of nitrogens with zero attached hydrogens (tertiary/aromatic N) is 1. The van der Waals surface area contributed by atoms with Crippen molar-refractivity contribution in [3.8, 4) is 0 Å². The van der Waals surface area contributed by atoms with Gasteiger partial charge < -0.3 is 10.0 Å². The van der Waals surface area contributed by atoms with Crippen LogP contribution in [-0.2, 0) is 0 Å². The fraction of sp³-hybridized carbons (Fsp3) is 0.500. The van der Waals surface area contributed by atoms with Gasteiger partial charge in [-0.3, -0.25) is 5.41 Å². The summed E-state index contributed by atoms with van der Waals surface area (Å²) in [5, 5.41) is 15.3. The highest BCUT2D eigenvalue weighted by Gasteiger charge is 2.34. The van der Waals surface area contributed by atoms with Crippen molar-refractivity contribution < 1.29 is 18.3 Å². The number of halogens is 3. The maximum Gasteiger partial charge on any atom is 0.448 e. The highest BCUT2D eigenvalue weighted by Crippen LogP contribution is 2.22. The Balaban J connectivity index is 4.48. The molecule has 0 saturated carbocycles. The summed E-state index contributed by atoms with van der Waals surface area (Å²) in [5.74, 6) is -2.17. The van der Waals surface area contributed by atoms with E-state index in [4.69, 9.17) is 10.5 Å². The lowest BCUT2D eigenvalue weighted by molar-refractivity contribution is -0.120. The molecule has 0 atom stereocenters. The highest BCUT2D eigenvalue weighted by atomic mass is 19.4. The van der Waals surface area contributed by atoms with E-state index in [1.165, 1.54) is 14.1 Å². The summed E-state index contributed by atoms with van der Waals surface area (Å²) >= 11 is 0. The number of aliphatic hydroxyl groups excluding tert-OH is 1. The Morgan fingerprint density at radius 3 is 2.08 bits per heavy atom. The first kappa shape index (κ1) is 10.8. The molecule has 0 spiro atoms. The average molecular weight is 182 g/mol. The molecule has 12 heavy (non-hydrogen) atoms. The molecule has 0 saturated heterocycles. The van der Waals surface area contributed by atoms with Crippen molar-refractivity contribution in [1.29, 1.82) is 5.41 Å². The van der Waals surface area contributed by atoms with Crippen LogP contribution in [0, 0.1) is 5.41 Å². The lowest BCUT2D eigenvalue weighted by Gasteiger charge is -2.11. The molecule has 0 amide bonds. The first-order valence-corrected chi connectivity index (χ1v) is 2.99. The SMILES string of the molecule is CN(C)C(=N)C=C(O)C(F)(F)F. The minimum absolute atomic E-state index is 0.347. The summed E-state index contributed by atoms with van der Waals surface area (Å²) in [5.41, 5.74) is 0. The van der Waals surface area contributed by atoms with Crippen molar-refractivity contribution >= 4 is 5.84 Å². The van der Waals surface area contributed by atoms with Gasteiger partial charge in [0.1, 0.15) is 5.84 Å². The number of nitrogens with one attached hydrogen (secondary N) is 1. The molecule has 0 unspecified atom stereocenters. The maximum absolute atomic E-state index is 11.6. The van der Waals surface area contributed by atoms with E-state index in [1.54, 1.807) is 0 Å². The Hall–Kier alpha value is -1.20. The zero-order valence-electron chi connectivity index (χ0n) is 6.61. The van der Waals surface area contributed by atoms with Crippen LogP contribution >= 0.6 is 0 Å². The third-order valence-electron chi connectivity index (χ3n) is 1.05. The standard InChI is InChI=1S/C6H9F3N2O/c1-11(2)5(10)3-4(12)6(7,8)9/h3,10,12H,1-2H3. The number of rotatable bonds is 1. The molecule has 0 aliphatic rings. The molecule has 70 valence electrons. The Bertz CT molecular complexity index is 207. The van der Waals surface area contributed by atoms with Gasteiger partial charge in [0.25, 0.3) is 0 Å². The van der Waals surface area contributed by atoms with Crippen LogP contribution in [0.2, 0.25) is 0 Å². The van der Waals surface area contributed by atoms with Gasteiger partial charge in [-0.1, -0.05) is 0 Å².